The maximum atomic E-state index is 13.5. The van der Waals surface area contributed by atoms with Crippen molar-refractivity contribution in [2.24, 2.45) is 0 Å². The lowest BCUT2D eigenvalue weighted by molar-refractivity contribution is 0.0378. The summed E-state index contributed by atoms with van der Waals surface area (Å²) in [5, 5.41) is 3.68. The van der Waals surface area contributed by atoms with Crippen molar-refractivity contribution in [3.05, 3.63) is 82.9 Å². The van der Waals surface area contributed by atoms with Gasteiger partial charge >= 0.3 is 6.03 Å². The van der Waals surface area contributed by atoms with Crippen LogP contribution in [-0.4, -0.2) is 55.9 Å². The van der Waals surface area contributed by atoms with E-state index in [9.17, 15) is 9.59 Å². The maximum absolute atomic E-state index is 13.5. The average molecular weight is 533 g/mol. The second-order valence-electron chi connectivity index (χ2n) is 10.0. The van der Waals surface area contributed by atoms with Crippen LogP contribution >= 0.6 is 11.6 Å². The van der Waals surface area contributed by atoms with E-state index in [2.05, 4.69) is 10.2 Å². The predicted octanol–water partition coefficient (Wildman–Crippen LogP) is 5.08. The van der Waals surface area contributed by atoms with Crippen LogP contribution < -0.4 is 24.6 Å². The number of halogens is 1. The molecular formula is C29H29ClN4O4. The van der Waals surface area contributed by atoms with Gasteiger partial charge in [0.2, 0.25) is 0 Å². The first-order chi connectivity index (χ1) is 18.4. The number of carbonyl (C=O) groups is 2. The fourth-order valence-electron chi connectivity index (χ4n) is 5.74. The second kappa shape index (κ2) is 9.44. The summed E-state index contributed by atoms with van der Waals surface area (Å²) in [6.07, 6.45) is 0.551. The first kappa shape index (κ1) is 24.4. The van der Waals surface area contributed by atoms with Crippen molar-refractivity contribution in [2.45, 2.75) is 25.1 Å². The number of methoxy groups -OCH3 is 1. The summed E-state index contributed by atoms with van der Waals surface area (Å²) in [6, 6.07) is 20.1. The molecule has 0 aromatic heterocycles. The van der Waals surface area contributed by atoms with Crippen LogP contribution in [0.1, 0.15) is 35.3 Å². The molecule has 2 bridgehead atoms. The highest BCUT2D eigenvalue weighted by Crippen LogP contribution is 2.46. The third-order valence-electron chi connectivity index (χ3n) is 7.58. The molecule has 38 heavy (non-hydrogen) atoms. The lowest BCUT2D eigenvalue weighted by Crippen LogP contribution is -2.65. The van der Waals surface area contributed by atoms with Crippen LogP contribution in [0.4, 0.5) is 16.2 Å². The Labute approximate surface area is 226 Å². The molecule has 3 amide bonds. The quantitative estimate of drug-likeness (QED) is 0.507. The number of ether oxygens (including phenoxy) is 2. The third-order valence-corrected chi connectivity index (χ3v) is 7.81. The molecule has 3 aliphatic heterocycles. The van der Waals surface area contributed by atoms with Crippen LogP contribution in [0.15, 0.2) is 66.7 Å². The second-order valence-corrected chi connectivity index (χ2v) is 10.4. The van der Waals surface area contributed by atoms with Gasteiger partial charge in [-0.15, -0.1) is 0 Å². The molecule has 0 aliphatic carbocycles. The summed E-state index contributed by atoms with van der Waals surface area (Å²) in [6.45, 7) is 4.50. The van der Waals surface area contributed by atoms with E-state index in [-0.39, 0.29) is 18.0 Å². The van der Waals surface area contributed by atoms with Gasteiger partial charge in [-0.3, -0.25) is 9.69 Å². The number of carbonyl (C=O) groups excluding carboxylic acids is 2. The summed E-state index contributed by atoms with van der Waals surface area (Å²) in [5.41, 5.74) is 2.15. The average Bonchev–Trinajstić information content (AvgIpc) is 2.93. The van der Waals surface area contributed by atoms with Crippen molar-refractivity contribution in [1.29, 1.82) is 0 Å². The molecule has 196 valence electrons. The molecule has 1 N–H and O–H groups in total. The first-order valence-electron chi connectivity index (χ1n) is 12.7. The Morgan fingerprint density at radius 3 is 2.63 bits per heavy atom. The fourth-order valence-corrected chi connectivity index (χ4v) is 5.92. The smallest absolute Gasteiger partial charge is 0.325 e. The summed E-state index contributed by atoms with van der Waals surface area (Å²) in [5.74, 6) is 1.46. The number of hydrogen-bond acceptors (Lipinski definition) is 5. The highest BCUT2D eigenvalue weighted by Gasteiger charge is 2.50. The molecule has 3 heterocycles. The number of amides is 3. The molecule has 3 aromatic carbocycles. The van der Waals surface area contributed by atoms with Crippen LogP contribution in [-0.2, 0) is 0 Å². The number of anilines is 2. The number of rotatable bonds is 4. The Morgan fingerprint density at radius 2 is 1.84 bits per heavy atom. The number of urea groups is 1. The van der Waals surface area contributed by atoms with E-state index in [0.29, 0.717) is 54.6 Å². The third kappa shape index (κ3) is 4.19. The van der Waals surface area contributed by atoms with Gasteiger partial charge in [0.05, 0.1) is 24.5 Å². The molecule has 0 radical (unpaired) electrons. The minimum absolute atomic E-state index is 0.0588. The van der Waals surface area contributed by atoms with E-state index in [1.165, 1.54) is 0 Å². The molecule has 0 spiro atoms. The van der Waals surface area contributed by atoms with Gasteiger partial charge in [-0.1, -0.05) is 29.8 Å². The van der Waals surface area contributed by atoms with Crippen molar-refractivity contribution in [3.8, 4) is 11.5 Å². The number of hydrogen-bond donors (Lipinski definition) is 1. The Bertz CT molecular complexity index is 1410. The monoisotopic (exact) mass is 532 g/mol. The van der Waals surface area contributed by atoms with E-state index in [0.717, 1.165) is 17.0 Å². The van der Waals surface area contributed by atoms with E-state index >= 15 is 0 Å². The molecule has 3 aromatic rings. The van der Waals surface area contributed by atoms with Crippen molar-refractivity contribution in [1.82, 2.24) is 10.2 Å². The summed E-state index contributed by atoms with van der Waals surface area (Å²) in [4.78, 5) is 32.5. The normalized spacial score (nSPS) is 22.3. The van der Waals surface area contributed by atoms with Gasteiger partial charge in [-0.2, -0.15) is 0 Å². The molecule has 2 fully saturated rings. The highest BCUT2D eigenvalue weighted by atomic mass is 35.5. The van der Waals surface area contributed by atoms with Crippen molar-refractivity contribution >= 4 is 34.9 Å². The number of nitrogens with zero attached hydrogens (tertiary/aromatic N) is 3. The number of para-hydroxylation sites is 2. The molecule has 2 saturated heterocycles. The zero-order valence-electron chi connectivity index (χ0n) is 21.3. The van der Waals surface area contributed by atoms with Crippen LogP contribution in [0, 0.1) is 0 Å². The van der Waals surface area contributed by atoms with Crippen molar-refractivity contribution in [3.63, 3.8) is 0 Å². The van der Waals surface area contributed by atoms with E-state index in [1.807, 2.05) is 60.4 Å². The minimum atomic E-state index is -0.907. The molecule has 0 saturated carbocycles. The SMILES string of the molecule is COc1ccccc1N1CCN(C(=O)c2cccc(N3C(=O)N[C@H]4C[C@@]3(C)Oc3ccc(Cl)cc34)c2)CC1. The molecule has 0 unspecified atom stereocenters. The number of benzene rings is 3. The van der Waals surface area contributed by atoms with Gasteiger partial charge in [-0.25, -0.2) is 4.79 Å². The van der Waals surface area contributed by atoms with Crippen molar-refractivity contribution in [2.75, 3.05) is 43.1 Å². The summed E-state index contributed by atoms with van der Waals surface area (Å²) < 4.78 is 11.9. The molecule has 9 heteroatoms. The van der Waals surface area contributed by atoms with Crippen LogP contribution in [0.5, 0.6) is 11.5 Å². The largest absolute Gasteiger partial charge is 0.495 e. The standard InChI is InChI=1S/C29H29ClN4O4/c1-29-18-23(22-17-20(30)10-11-25(22)38-29)31-28(36)34(29)21-7-5-6-19(16-21)27(35)33-14-12-32(13-15-33)24-8-3-4-9-26(24)37-2/h3-11,16-17,23H,12-15,18H2,1-2H3,(H,31,36)/t23-,29+/m0/s1. The molecule has 8 nitrogen and oxygen atoms in total. The van der Waals surface area contributed by atoms with Gasteiger partial charge in [0.25, 0.3) is 5.91 Å². The van der Waals surface area contributed by atoms with Gasteiger partial charge in [-0.05, 0) is 55.5 Å². The topological polar surface area (TPSA) is 74.4 Å². The van der Waals surface area contributed by atoms with Crippen LogP contribution in [0.3, 0.4) is 0 Å². The Kier molecular flexibility index (Phi) is 6.07. The molecule has 2 atom stereocenters. The number of fused-ring (bicyclic) bond motifs is 4. The first-order valence-corrected chi connectivity index (χ1v) is 13.1. The highest BCUT2D eigenvalue weighted by molar-refractivity contribution is 6.30. The minimum Gasteiger partial charge on any atom is -0.495 e. The van der Waals surface area contributed by atoms with Crippen LogP contribution in [0.2, 0.25) is 5.02 Å². The lowest BCUT2D eigenvalue weighted by atomic mass is 9.90. The van der Waals surface area contributed by atoms with E-state index < -0.39 is 5.72 Å². The van der Waals surface area contributed by atoms with Gasteiger partial charge in [0.15, 0.2) is 5.72 Å². The molecule has 6 rings (SSSR count). The maximum Gasteiger partial charge on any atom is 0.325 e. The Balaban J connectivity index is 1.21. The Morgan fingerprint density at radius 1 is 1.05 bits per heavy atom. The molecule has 3 aliphatic rings. The zero-order chi connectivity index (χ0) is 26.4. The lowest BCUT2D eigenvalue weighted by Gasteiger charge is -2.50. The fraction of sp³-hybridized carbons (Fsp3) is 0.310. The van der Waals surface area contributed by atoms with Crippen LogP contribution in [0.25, 0.3) is 0 Å². The van der Waals surface area contributed by atoms with Gasteiger partial charge in [0, 0.05) is 48.7 Å². The summed E-state index contributed by atoms with van der Waals surface area (Å²) >= 11 is 6.19. The molecular weight excluding hydrogens is 504 g/mol. The number of piperazine rings is 1. The van der Waals surface area contributed by atoms with E-state index in [1.54, 1.807) is 30.2 Å². The number of nitrogens with one attached hydrogen (secondary N) is 1. The Hall–Kier alpha value is -3.91. The van der Waals surface area contributed by atoms with E-state index in [4.69, 9.17) is 21.1 Å². The van der Waals surface area contributed by atoms with Crippen molar-refractivity contribution < 1.29 is 19.1 Å². The zero-order valence-corrected chi connectivity index (χ0v) is 22.1. The summed E-state index contributed by atoms with van der Waals surface area (Å²) in [7, 11) is 1.67. The predicted molar refractivity (Wildman–Crippen MR) is 146 cm³/mol. The van der Waals surface area contributed by atoms with Gasteiger partial charge in [0.1, 0.15) is 11.5 Å². The van der Waals surface area contributed by atoms with Gasteiger partial charge < -0.3 is 24.6 Å².